The van der Waals surface area contributed by atoms with Gasteiger partial charge in [0.15, 0.2) is 0 Å². The molecule has 0 radical (unpaired) electrons. The predicted molar refractivity (Wildman–Crippen MR) is 104 cm³/mol. The third-order valence-electron chi connectivity index (χ3n) is 5.15. The SMILES string of the molecule is Cc1ccc(C(CCOc2ccccc2)=C(F)B2OC(C)(C)C(C)(C)O2)o1. The molecule has 0 spiro atoms. The lowest BCUT2D eigenvalue weighted by molar-refractivity contribution is 0.00578. The van der Waals surface area contributed by atoms with Crippen LogP contribution in [0.25, 0.3) is 5.57 Å². The molecule has 1 aliphatic heterocycles. The maximum atomic E-state index is 15.4. The van der Waals surface area contributed by atoms with Gasteiger partial charge in [0.25, 0.3) is 0 Å². The summed E-state index contributed by atoms with van der Waals surface area (Å²) in [7, 11) is -1.06. The first kappa shape index (κ1) is 19.7. The van der Waals surface area contributed by atoms with E-state index in [2.05, 4.69) is 0 Å². The molecule has 1 aromatic heterocycles. The standard InChI is InChI=1S/C21H26BFO4/c1-15-11-12-18(25-15)17(13-14-24-16-9-7-6-8-10-16)19(23)22-26-20(2,3)21(4,5)27-22/h6-12H,13-14H2,1-5H3. The number of para-hydroxylation sites is 1. The van der Waals surface area contributed by atoms with E-state index in [-0.39, 0.29) is 0 Å². The smallest absolute Gasteiger partial charge is 0.493 e. The highest BCUT2D eigenvalue weighted by Gasteiger charge is 2.53. The Hall–Kier alpha value is -2.05. The zero-order valence-corrected chi connectivity index (χ0v) is 16.5. The normalized spacial score (nSPS) is 19.1. The molecule has 3 rings (SSSR count). The van der Waals surface area contributed by atoms with Crippen LogP contribution in [-0.2, 0) is 9.31 Å². The molecule has 144 valence electrons. The molecule has 0 atom stereocenters. The van der Waals surface area contributed by atoms with Crippen LogP contribution in [0.15, 0.2) is 52.6 Å². The summed E-state index contributed by atoms with van der Waals surface area (Å²) in [5, 5.41) is 0. The molecule has 0 bridgehead atoms. The third-order valence-corrected chi connectivity index (χ3v) is 5.15. The maximum absolute atomic E-state index is 15.4. The van der Waals surface area contributed by atoms with E-state index in [0.29, 0.717) is 30.1 Å². The fraction of sp³-hybridized carbons (Fsp3) is 0.429. The van der Waals surface area contributed by atoms with Crippen molar-refractivity contribution in [3.63, 3.8) is 0 Å². The van der Waals surface area contributed by atoms with E-state index in [1.54, 1.807) is 6.07 Å². The van der Waals surface area contributed by atoms with E-state index in [0.717, 1.165) is 5.75 Å². The van der Waals surface area contributed by atoms with Gasteiger partial charge in [0, 0.05) is 12.0 Å². The van der Waals surface area contributed by atoms with Gasteiger partial charge in [-0.2, -0.15) is 0 Å². The Labute approximate surface area is 160 Å². The van der Waals surface area contributed by atoms with Gasteiger partial charge in [-0.05, 0) is 58.9 Å². The van der Waals surface area contributed by atoms with Crippen molar-refractivity contribution in [3.8, 4) is 5.75 Å². The molecule has 0 N–H and O–H groups in total. The second-order valence-electron chi connectivity index (χ2n) is 7.74. The molecular formula is C21H26BFO4. The highest BCUT2D eigenvalue weighted by Crippen LogP contribution is 2.40. The molecule has 4 nitrogen and oxygen atoms in total. The molecule has 0 amide bonds. The van der Waals surface area contributed by atoms with Crippen LogP contribution in [0.1, 0.15) is 45.6 Å². The van der Waals surface area contributed by atoms with Gasteiger partial charge < -0.3 is 18.5 Å². The molecule has 2 heterocycles. The lowest BCUT2D eigenvalue weighted by Gasteiger charge is -2.32. The van der Waals surface area contributed by atoms with Gasteiger partial charge in [-0.3, -0.25) is 0 Å². The molecular weight excluding hydrogens is 346 g/mol. The van der Waals surface area contributed by atoms with Crippen molar-refractivity contribution < 1.29 is 22.9 Å². The fourth-order valence-corrected chi connectivity index (χ4v) is 2.83. The van der Waals surface area contributed by atoms with Crippen molar-refractivity contribution in [2.45, 2.75) is 52.2 Å². The summed E-state index contributed by atoms with van der Waals surface area (Å²) < 4.78 is 38.5. The molecule has 1 fully saturated rings. The van der Waals surface area contributed by atoms with E-state index < -0.39 is 24.0 Å². The average Bonchev–Trinajstić information content (AvgIpc) is 3.12. The van der Waals surface area contributed by atoms with Gasteiger partial charge in [0.2, 0.25) is 0 Å². The van der Waals surface area contributed by atoms with Crippen LogP contribution in [0.4, 0.5) is 4.39 Å². The Morgan fingerprint density at radius 3 is 2.19 bits per heavy atom. The van der Waals surface area contributed by atoms with Crippen molar-refractivity contribution in [1.29, 1.82) is 0 Å². The summed E-state index contributed by atoms with van der Waals surface area (Å²) in [5.74, 6) is 1.92. The Morgan fingerprint density at radius 1 is 1.00 bits per heavy atom. The number of ether oxygens (including phenoxy) is 1. The lowest BCUT2D eigenvalue weighted by atomic mass is 9.83. The summed E-state index contributed by atoms with van der Waals surface area (Å²) in [4.78, 5) is 0. The zero-order valence-electron chi connectivity index (χ0n) is 16.5. The van der Waals surface area contributed by atoms with Crippen LogP contribution in [0, 0.1) is 6.92 Å². The van der Waals surface area contributed by atoms with Gasteiger partial charge in [-0.15, -0.1) is 0 Å². The second-order valence-corrected chi connectivity index (χ2v) is 7.74. The van der Waals surface area contributed by atoms with E-state index in [1.807, 2.05) is 71.0 Å². The molecule has 1 saturated heterocycles. The molecule has 1 aliphatic rings. The fourth-order valence-electron chi connectivity index (χ4n) is 2.83. The monoisotopic (exact) mass is 372 g/mol. The Bertz CT molecular complexity index is 795. The average molecular weight is 372 g/mol. The minimum atomic E-state index is -1.06. The lowest BCUT2D eigenvalue weighted by Crippen LogP contribution is -2.41. The molecule has 6 heteroatoms. The first-order chi connectivity index (χ1) is 12.7. The van der Waals surface area contributed by atoms with Crippen molar-refractivity contribution in [2.24, 2.45) is 0 Å². The van der Waals surface area contributed by atoms with Crippen LogP contribution in [0.2, 0.25) is 0 Å². The summed E-state index contributed by atoms with van der Waals surface area (Å²) in [6, 6.07) is 13.0. The number of aryl methyl sites for hydroxylation is 1. The van der Waals surface area contributed by atoms with E-state index >= 15 is 4.39 Å². The van der Waals surface area contributed by atoms with Crippen molar-refractivity contribution >= 4 is 12.7 Å². The summed E-state index contributed by atoms with van der Waals surface area (Å²) in [5.41, 5.74) is -1.29. The Balaban J connectivity index is 1.82. The quantitative estimate of drug-likeness (QED) is 0.640. The number of benzene rings is 1. The van der Waals surface area contributed by atoms with Gasteiger partial charge in [-0.25, -0.2) is 4.39 Å². The number of furan rings is 1. The first-order valence-electron chi connectivity index (χ1n) is 9.18. The number of hydrogen-bond acceptors (Lipinski definition) is 4. The molecule has 0 aliphatic carbocycles. The molecule has 1 aromatic carbocycles. The minimum absolute atomic E-state index is 0.312. The summed E-state index contributed by atoms with van der Waals surface area (Å²) in [6.07, 6.45) is 0.331. The predicted octanol–water partition coefficient (Wildman–Crippen LogP) is 5.37. The highest BCUT2D eigenvalue weighted by atomic mass is 19.1. The van der Waals surface area contributed by atoms with Crippen LogP contribution in [0.5, 0.6) is 5.75 Å². The molecule has 0 unspecified atom stereocenters. The van der Waals surface area contributed by atoms with Crippen LogP contribution < -0.4 is 4.74 Å². The third kappa shape index (κ3) is 4.28. The topological polar surface area (TPSA) is 40.8 Å². The summed E-state index contributed by atoms with van der Waals surface area (Å²) >= 11 is 0. The largest absolute Gasteiger partial charge is 0.525 e. The van der Waals surface area contributed by atoms with E-state index in [1.165, 1.54) is 0 Å². The first-order valence-corrected chi connectivity index (χ1v) is 9.18. The molecule has 2 aromatic rings. The summed E-state index contributed by atoms with van der Waals surface area (Å²) in [6.45, 7) is 9.73. The van der Waals surface area contributed by atoms with Crippen LogP contribution >= 0.6 is 0 Å². The van der Waals surface area contributed by atoms with Gasteiger partial charge in [0.05, 0.1) is 17.8 Å². The van der Waals surface area contributed by atoms with Gasteiger partial charge >= 0.3 is 7.12 Å². The minimum Gasteiger partial charge on any atom is -0.493 e. The second kappa shape index (κ2) is 7.53. The van der Waals surface area contributed by atoms with Gasteiger partial charge in [-0.1, -0.05) is 18.2 Å². The highest BCUT2D eigenvalue weighted by molar-refractivity contribution is 6.55. The molecule has 27 heavy (non-hydrogen) atoms. The van der Waals surface area contributed by atoms with E-state index in [9.17, 15) is 0 Å². The number of halogens is 1. The maximum Gasteiger partial charge on any atom is 0.525 e. The van der Waals surface area contributed by atoms with Crippen molar-refractivity contribution in [3.05, 3.63) is 59.7 Å². The van der Waals surface area contributed by atoms with E-state index in [4.69, 9.17) is 18.5 Å². The van der Waals surface area contributed by atoms with Gasteiger partial charge in [0.1, 0.15) is 23.0 Å². The van der Waals surface area contributed by atoms with Crippen LogP contribution in [-0.4, -0.2) is 24.9 Å². The molecule has 0 saturated carbocycles. The Morgan fingerprint density at radius 2 is 1.63 bits per heavy atom. The number of hydrogen-bond donors (Lipinski definition) is 0. The van der Waals surface area contributed by atoms with Crippen molar-refractivity contribution in [1.82, 2.24) is 0 Å². The zero-order chi connectivity index (χ0) is 19.7. The number of rotatable bonds is 6. The van der Waals surface area contributed by atoms with Crippen LogP contribution in [0.3, 0.4) is 0 Å². The van der Waals surface area contributed by atoms with Crippen molar-refractivity contribution in [2.75, 3.05) is 6.61 Å². The Kier molecular flexibility index (Phi) is 5.49.